The molecule has 102 valence electrons. The molecule has 3 nitrogen and oxygen atoms in total. The number of nitrogens with two attached hydrogens (primary N) is 1. The monoisotopic (exact) mass is 250 g/mol. The first-order valence-electron chi connectivity index (χ1n) is 7.78. The highest BCUT2D eigenvalue weighted by Crippen LogP contribution is 2.48. The molecule has 0 radical (unpaired) electrons. The average molecular weight is 250 g/mol. The maximum atomic E-state index is 12.8. The fraction of sp³-hybridized carbons (Fsp3) is 0.933. The van der Waals surface area contributed by atoms with E-state index in [2.05, 4.69) is 11.8 Å². The predicted molar refractivity (Wildman–Crippen MR) is 71.9 cm³/mol. The predicted octanol–water partition coefficient (Wildman–Crippen LogP) is 2.15. The van der Waals surface area contributed by atoms with Gasteiger partial charge in [-0.25, -0.2) is 0 Å². The quantitative estimate of drug-likeness (QED) is 0.834. The van der Waals surface area contributed by atoms with E-state index in [1.54, 1.807) is 0 Å². The van der Waals surface area contributed by atoms with Gasteiger partial charge in [-0.15, -0.1) is 0 Å². The Labute approximate surface area is 110 Å². The van der Waals surface area contributed by atoms with Crippen molar-refractivity contribution in [1.29, 1.82) is 0 Å². The largest absolute Gasteiger partial charge is 0.340 e. The van der Waals surface area contributed by atoms with Crippen molar-refractivity contribution in [3.63, 3.8) is 0 Å². The molecule has 4 atom stereocenters. The van der Waals surface area contributed by atoms with Crippen LogP contribution in [0.5, 0.6) is 0 Å². The number of hydrogen-bond donors (Lipinski definition) is 1. The Bertz CT molecular complexity index is 322. The summed E-state index contributed by atoms with van der Waals surface area (Å²) in [5.74, 6) is 1.74. The van der Waals surface area contributed by atoms with E-state index in [1.807, 2.05) is 0 Å². The molecule has 3 saturated carbocycles. The summed E-state index contributed by atoms with van der Waals surface area (Å²) < 4.78 is 0. The van der Waals surface area contributed by atoms with Crippen LogP contribution < -0.4 is 5.73 Å². The van der Waals surface area contributed by atoms with Crippen LogP contribution in [0.3, 0.4) is 0 Å². The zero-order valence-corrected chi connectivity index (χ0v) is 11.5. The summed E-state index contributed by atoms with van der Waals surface area (Å²) in [6.07, 6.45) is 8.68. The van der Waals surface area contributed by atoms with Gasteiger partial charge in [-0.1, -0.05) is 12.8 Å². The first kappa shape index (κ1) is 12.5. The van der Waals surface area contributed by atoms with E-state index in [4.69, 9.17) is 5.73 Å². The van der Waals surface area contributed by atoms with Gasteiger partial charge in [0, 0.05) is 18.6 Å². The van der Waals surface area contributed by atoms with Crippen LogP contribution in [0.1, 0.15) is 51.9 Å². The van der Waals surface area contributed by atoms with E-state index >= 15 is 0 Å². The molecule has 0 saturated heterocycles. The molecule has 4 unspecified atom stereocenters. The number of carbonyl (C=O) groups is 1. The van der Waals surface area contributed by atoms with Gasteiger partial charge in [0.05, 0.1) is 5.92 Å². The highest BCUT2D eigenvalue weighted by molar-refractivity contribution is 5.81. The lowest BCUT2D eigenvalue weighted by atomic mass is 9.83. The van der Waals surface area contributed by atoms with Crippen LogP contribution in [0.4, 0.5) is 0 Å². The number of nitrogens with zero attached hydrogens (tertiary/aromatic N) is 1. The van der Waals surface area contributed by atoms with Gasteiger partial charge >= 0.3 is 0 Å². The molecule has 3 aliphatic rings. The molecule has 0 aliphatic heterocycles. The molecule has 0 aromatic carbocycles. The third-order valence-electron chi connectivity index (χ3n) is 5.66. The van der Waals surface area contributed by atoms with Crippen LogP contribution >= 0.6 is 0 Å². The van der Waals surface area contributed by atoms with E-state index in [1.165, 1.54) is 44.9 Å². The van der Waals surface area contributed by atoms with Crippen molar-refractivity contribution in [1.82, 2.24) is 4.90 Å². The number of amides is 1. The highest BCUT2D eigenvalue weighted by Gasteiger charge is 2.50. The molecule has 0 heterocycles. The Hall–Kier alpha value is -0.570. The van der Waals surface area contributed by atoms with Gasteiger partial charge < -0.3 is 10.6 Å². The Kier molecular flexibility index (Phi) is 3.35. The number of fused-ring (bicyclic) bond motifs is 2. The second-order valence-corrected chi connectivity index (χ2v) is 6.50. The number of hydrogen-bond acceptors (Lipinski definition) is 2. The van der Waals surface area contributed by atoms with Gasteiger partial charge in [0.2, 0.25) is 5.91 Å². The van der Waals surface area contributed by atoms with Gasteiger partial charge in [0.15, 0.2) is 0 Å². The third-order valence-corrected chi connectivity index (χ3v) is 5.66. The van der Waals surface area contributed by atoms with Gasteiger partial charge in [0.25, 0.3) is 0 Å². The maximum absolute atomic E-state index is 12.8. The van der Waals surface area contributed by atoms with Crippen molar-refractivity contribution in [2.24, 2.45) is 23.5 Å². The summed E-state index contributed by atoms with van der Waals surface area (Å²) in [6, 6.07) is 0.653. The normalized spacial score (nSPS) is 39.4. The van der Waals surface area contributed by atoms with Crippen molar-refractivity contribution in [3.05, 3.63) is 0 Å². The minimum atomic E-state index is 0.143. The second-order valence-electron chi connectivity index (χ2n) is 6.50. The first-order valence-corrected chi connectivity index (χ1v) is 7.78. The van der Waals surface area contributed by atoms with E-state index in [9.17, 15) is 4.79 Å². The topological polar surface area (TPSA) is 46.3 Å². The molecule has 3 fully saturated rings. The molecule has 18 heavy (non-hydrogen) atoms. The summed E-state index contributed by atoms with van der Waals surface area (Å²) in [4.78, 5) is 15.0. The minimum Gasteiger partial charge on any atom is -0.340 e. The van der Waals surface area contributed by atoms with Gasteiger partial charge in [-0.3, -0.25) is 4.79 Å². The second kappa shape index (κ2) is 4.84. The summed E-state index contributed by atoms with van der Waals surface area (Å²) in [5.41, 5.74) is 6.31. The van der Waals surface area contributed by atoms with Crippen molar-refractivity contribution in [2.45, 2.75) is 64.0 Å². The molecule has 3 rings (SSSR count). The summed E-state index contributed by atoms with van der Waals surface area (Å²) in [5, 5.41) is 0. The summed E-state index contributed by atoms with van der Waals surface area (Å²) in [6.45, 7) is 2.99. The van der Waals surface area contributed by atoms with E-state index in [0.29, 0.717) is 23.8 Å². The zero-order valence-electron chi connectivity index (χ0n) is 11.5. The lowest BCUT2D eigenvalue weighted by molar-refractivity contribution is -0.139. The van der Waals surface area contributed by atoms with Crippen molar-refractivity contribution >= 4 is 5.91 Å². The lowest BCUT2D eigenvalue weighted by Crippen LogP contribution is -2.49. The standard InChI is InChI=1S/C15H26N2O/c1-2-17(12-5-3-4-6-12)15(18)13-10-7-8-11(9-10)14(13)16/h10-14H,2-9,16H2,1H3. The van der Waals surface area contributed by atoms with Crippen molar-refractivity contribution in [3.8, 4) is 0 Å². The molecular weight excluding hydrogens is 224 g/mol. The Morgan fingerprint density at radius 2 is 1.83 bits per heavy atom. The third kappa shape index (κ3) is 1.87. The maximum Gasteiger partial charge on any atom is 0.227 e. The number of rotatable bonds is 3. The van der Waals surface area contributed by atoms with Crippen LogP contribution in [0.2, 0.25) is 0 Å². The molecule has 0 spiro atoms. The van der Waals surface area contributed by atoms with Gasteiger partial charge in [-0.2, -0.15) is 0 Å². The Balaban J connectivity index is 1.72. The van der Waals surface area contributed by atoms with Gasteiger partial charge in [0.1, 0.15) is 0 Å². The lowest BCUT2D eigenvalue weighted by Gasteiger charge is -2.35. The van der Waals surface area contributed by atoms with Crippen molar-refractivity contribution in [2.75, 3.05) is 6.54 Å². The molecular formula is C15H26N2O. The zero-order chi connectivity index (χ0) is 12.7. The van der Waals surface area contributed by atoms with Crippen LogP contribution in [0.25, 0.3) is 0 Å². The fourth-order valence-electron chi connectivity index (χ4n) is 4.70. The molecule has 1 amide bonds. The first-order chi connectivity index (χ1) is 8.72. The van der Waals surface area contributed by atoms with Crippen LogP contribution in [0.15, 0.2) is 0 Å². The highest BCUT2D eigenvalue weighted by atomic mass is 16.2. The number of carbonyl (C=O) groups excluding carboxylic acids is 1. The van der Waals surface area contributed by atoms with E-state index in [0.717, 1.165) is 6.54 Å². The SMILES string of the molecule is CCN(C(=O)C1C2CCC(C2)C1N)C1CCCC1. The smallest absolute Gasteiger partial charge is 0.227 e. The van der Waals surface area contributed by atoms with E-state index in [-0.39, 0.29) is 12.0 Å². The average Bonchev–Trinajstić information content (AvgIpc) is 3.04. The molecule has 0 aromatic rings. The molecule has 2 N–H and O–H groups in total. The van der Waals surface area contributed by atoms with Gasteiger partial charge in [-0.05, 0) is 50.9 Å². The van der Waals surface area contributed by atoms with Crippen molar-refractivity contribution < 1.29 is 4.79 Å². The summed E-state index contributed by atoms with van der Waals surface area (Å²) >= 11 is 0. The fourth-order valence-corrected chi connectivity index (χ4v) is 4.70. The molecule has 0 aromatic heterocycles. The Morgan fingerprint density at radius 3 is 2.39 bits per heavy atom. The van der Waals surface area contributed by atoms with Crippen LogP contribution in [0, 0.1) is 17.8 Å². The Morgan fingerprint density at radius 1 is 1.17 bits per heavy atom. The van der Waals surface area contributed by atoms with Crippen LogP contribution in [-0.2, 0) is 4.79 Å². The minimum absolute atomic E-state index is 0.143. The molecule has 3 heteroatoms. The van der Waals surface area contributed by atoms with E-state index < -0.39 is 0 Å². The molecule has 3 aliphatic carbocycles. The summed E-state index contributed by atoms with van der Waals surface area (Å²) in [7, 11) is 0. The molecule has 2 bridgehead atoms. The van der Waals surface area contributed by atoms with Crippen LogP contribution in [-0.4, -0.2) is 29.4 Å².